The van der Waals surface area contributed by atoms with E-state index in [4.69, 9.17) is 5.11 Å². The Bertz CT molecular complexity index is 637. The maximum absolute atomic E-state index is 10.6. The highest BCUT2D eigenvalue weighted by molar-refractivity contribution is 7.99. The lowest BCUT2D eigenvalue weighted by molar-refractivity contribution is 0.209. The summed E-state index contributed by atoms with van der Waals surface area (Å²) < 4.78 is 0. The molecule has 6 heteroatoms. The second-order valence-electron chi connectivity index (χ2n) is 4.56. The number of hydrogen-bond acceptors (Lipinski definition) is 3. The first kappa shape index (κ1) is 15.4. The van der Waals surface area contributed by atoms with Crippen LogP contribution in [0.2, 0.25) is 0 Å². The van der Waals surface area contributed by atoms with Crippen LogP contribution in [0.3, 0.4) is 0 Å². The lowest BCUT2D eigenvalue weighted by atomic mass is 10.3. The second kappa shape index (κ2) is 7.73. The molecule has 0 aliphatic heterocycles. The monoisotopic (exact) mass is 305 g/mol. The van der Waals surface area contributed by atoms with Crippen LogP contribution < -0.4 is 5.32 Å². The zero-order chi connectivity index (χ0) is 15.1. The van der Waals surface area contributed by atoms with Gasteiger partial charge in [0.1, 0.15) is 0 Å². The number of carboxylic acid groups (broad SMARTS) is 1. The van der Waals surface area contributed by atoms with Crippen molar-refractivity contribution in [1.82, 2.24) is 9.97 Å². The van der Waals surface area contributed by atoms with E-state index < -0.39 is 6.09 Å². The number of anilines is 1. The van der Waals surface area contributed by atoms with Gasteiger partial charge in [-0.25, -0.2) is 9.78 Å². The van der Waals surface area contributed by atoms with E-state index in [9.17, 15) is 4.79 Å². The van der Waals surface area contributed by atoms with Crippen LogP contribution in [0.25, 0.3) is 11.0 Å². The molecule has 0 saturated carbocycles. The average Bonchev–Trinajstić information content (AvgIpc) is 2.83. The van der Waals surface area contributed by atoms with Crippen molar-refractivity contribution in [1.29, 1.82) is 0 Å². The summed E-state index contributed by atoms with van der Waals surface area (Å²) in [5.74, 6) is 1.32. The van der Waals surface area contributed by atoms with E-state index in [0.717, 1.165) is 40.9 Å². The van der Waals surface area contributed by atoms with Crippen molar-refractivity contribution in [2.75, 3.05) is 11.1 Å². The van der Waals surface area contributed by atoms with Gasteiger partial charge in [0.25, 0.3) is 0 Å². The van der Waals surface area contributed by atoms with Gasteiger partial charge in [0.05, 0.1) is 11.0 Å². The number of rotatable bonds is 7. The fourth-order valence-corrected chi connectivity index (χ4v) is 2.83. The van der Waals surface area contributed by atoms with Crippen LogP contribution in [0.4, 0.5) is 10.7 Å². The number of carbonyl (C=O) groups is 1. The Morgan fingerprint density at radius 1 is 1.48 bits per heavy atom. The third kappa shape index (κ3) is 4.82. The van der Waals surface area contributed by atoms with Gasteiger partial charge in [0.2, 0.25) is 5.95 Å². The van der Waals surface area contributed by atoms with Gasteiger partial charge in [-0.15, -0.1) is 11.8 Å². The number of thioether (sulfide) groups is 1. The highest BCUT2D eigenvalue weighted by Crippen LogP contribution is 2.24. The number of allylic oxidation sites excluding steroid dienone is 2. The minimum absolute atomic E-state index is 0.254. The smallest absolute Gasteiger partial charge is 0.411 e. The Kier molecular flexibility index (Phi) is 5.68. The fourth-order valence-electron chi connectivity index (χ4n) is 1.91. The Morgan fingerprint density at radius 3 is 3.10 bits per heavy atom. The summed E-state index contributed by atoms with van der Waals surface area (Å²) in [6, 6.07) is 5.92. The number of H-pyrrole nitrogens is 1. The number of aromatic amines is 1. The number of nitrogens with zero attached hydrogens (tertiary/aromatic N) is 1. The number of nitrogens with one attached hydrogen (secondary N) is 2. The van der Waals surface area contributed by atoms with Crippen LogP contribution in [0.15, 0.2) is 35.2 Å². The van der Waals surface area contributed by atoms with Crippen molar-refractivity contribution < 1.29 is 9.90 Å². The highest BCUT2D eigenvalue weighted by atomic mass is 32.2. The summed E-state index contributed by atoms with van der Waals surface area (Å²) in [6.45, 7) is 2.14. The Morgan fingerprint density at radius 2 is 2.33 bits per heavy atom. The SMILES string of the molecule is CCC=CCCCSc1ccc2nc(NC(=O)O)[nH]c2c1. The molecular weight excluding hydrogens is 286 g/mol. The molecule has 0 spiro atoms. The number of amides is 1. The first-order chi connectivity index (χ1) is 10.2. The maximum atomic E-state index is 10.6. The summed E-state index contributed by atoms with van der Waals surface area (Å²) in [5.41, 5.74) is 1.60. The number of benzene rings is 1. The average molecular weight is 305 g/mol. The van der Waals surface area contributed by atoms with Gasteiger partial charge < -0.3 is 10.1 Å². The van der Waals surface area contributed by atoms with Crippen molar-refractivity contribution in [3.05, 3.63) is 30.4 Å². The molecule has 21 heavy (non-hydrogen) atoms. The van der Waals surface area contributed by atoms with Crippen LogP contribution >= 0.6 is 11.8 Å². The normalized spacial score (nSPS) is 11.3. The lowest BCUT2D eigenvalue weighted by Crippen LogP contribution is -2.08. The second-order valence-corrected chi connectivity index (χ2v) is 5.73. The van der Waals surface area contributed by atoms with Crippen LogP contribution in [0, 0.1) is 0 Å². The molecule has 1 aromatic carbocycles. The number of aromatic nitrogens is 2. The third-order valence-electron chi connectivity index (χ3n) is 2.86. The maximum Gasteiger partial charge on any atom is 0.411 e. The molecule has 1 aromatic heterocycles. The molecule has 0 aliphatic rings. The summed E-state index contributed by atoms with van der Waals surface area (Å²) in [4.78, 5) is 18.9. The number of unbranched alkanes of at least 4 members (excludes halogenated alkanes) is 1. The molecule has 0 fully saturated rings. The van der Waals surface area contributed by atoms with Gasteiger partial charge in [-0.05, 0) is 43.2 Å². The molecule has 0 bridgehead atoms. The zero-order valence-electron chi connectivity index (χ0n) is 11.9. The van der Waals surface area contributed by atoms with Crippen molar-refractivity contribution >= 4 is 34.8 Å². The standard InChI is InChI=1S/C15H19N3O2S/c1-2-3-4-5-6-9-21-11-7-8-12-13(10-11)17-14(16-12)18-15(19)20/h3-4,7-8,10H,2,5-6,9H2,1H3,(H,19,20)(H2,16,17,18). The number of hydrogen-bond donors (Lipinski definition) is 3. The molecule has 1 amide bonds. The Hall–Kier alpha value is -1.95. The number of imidazole rings is 1. The van der Waals surface area contributed by atoms with Crippen LogP contribution in [-0.4, -0.2) is 26.9 Å². The summed E-state index contributed by atoms with van der Waals surface area (Å²) in [7, 11) is 0. The highest BCUT2D eigenvalue weighted by Gasteiger charge is 2.06. The zero-order valence-corrected chi connectivity index (χ0v) is 12.7. The van der Waals surface area contributed by atoms with Crippen molar-refractivity contribution in [3.63, 3.8) is 0 Å². The van der Waals surface area contributed by atoms with E-state index in [1.54, 1.807) is 11.8 Å². The van der Waals surface area contributed by atoms with E-state index in [0.29, 0.717) is 0 Å². The number of fused-ring (bicyclic) bond motifs is 1. The van der Waals surface area contributed by atoms with E-state index in [1.165, 1.54) is 0 Å². The van der Waals surface area contributed by atoms with Gasteiger partial charge >= 0.3 is 6.09 Å². The minimum Gasteiger partial charge on any atom is -0.465 e. The summed E-state index contributed by atoms with van der Waals surface area (Å²) in [6.07, 6.45) is 6.65. The third-order valence-corrected chi connectivity index (χ3v) is 3.94. The van der Waals surface area contributed by atoms with E-state index in [-0.39, 0.29) is 5.95 Å². The van der Waals surface area contributed by atoms with Crippen molar-refractivity contribution in [3.8, 4) is 0 Å². The largest absolute Gasteiger partial charge is 0.465 e. The first-order valence-corrected chi connectivity index (χ1v) is 7.95. The van der Waals surface area contributed by atoms with Crippen LogP contribution in [0.5, 0.6) is 0 Å². The molecule has 5 nitrogen and oxygen atoms in total. The molecule has 112 valence electrons. The summed E-state index contributed by atoms with van der Waals surface area (Å²) in [5, 5.41) is 10.9. The molecular formula is C15H19N3O2S. The Labute approximate surface area is 127 Å². The van der Waals surface area contributed by atoms with Crippen molar-refractivity contribution in [2.45, 2.75) is 31.1 Å². The molecule has 0 saturated heterocycles. The Balaban J connectivity index is 1.92. The van der Waals surface area contributed by atoms with E-state index in [2.05, 4.69) is 34.4 Å². The molecule has 2 rings (SSSR count). The molecule has 0 unspecified atom stereocenters. The van der Waals surface area contributed by atoms with Gasteiger partial charge in [-0.3, -0.25) is 5.32 Å². The van der Waals surface area contributed by atoms with Gasteiger partial charge in [0, 0.05) is 4.90 Å². The molecule has 0 aliphatic carbocycles. The molecule has 3 N–H and O–H groups in total. The molecule has 1 heterocycles. The van der Waals surface area contributed by atoms with Gasteiger partial charge in [0.15, 0.2) is 0 Å². The van der Waals surface area contributed by atoms with Gasteiger partial charge in [-0.1, -0.05) is 19.1 Å². The molecule has 2 aromatic rings. The first-order valence-electron chi connectivity index (χ1n) is 6.96. The van der Waals surface area contributed by atoms with Gasteiger partial charge in [-0.2, -0.15) is 0 Å². The molecule has 0 atom stereocenters. The quantitative estimate of drug-likeness (QED) is 0.400. The minimum atomic E-state index is -1.12. The fraction of sp³-hybridized carbons (Fsp3) is 0.333. The van der Waals surface area contributed by atoms with E-state index >= 15 is 0 Å². The van der Waals surface area contributed by atoms with Crippen LogP contribution in [0.1, 0.15) is 26.2 Å². The summed E-state index contributed by atoms with van der Waals surface area (Å²) >= 11 is 1.80. The predicted octanol–water partition coefficient (Wildman–Crippen LogP) is 4.49. The predicted molar refractivity (Wildman–Crippen MR) is 87.1 cm³/mol. The topological polar surface area (TPSA) is 78.0 Å². The van der Waals surface area contributed by atoms with Crippen molar-refractivity contribution in [2.24, 2.45) is 0 Å². The molecule has 0 radical (unpaired) electrons. The van der Waals surface area contributed by atoms with E-state index in [1.807, 2.05) is 18.2 Å². The van der Waals surface area contributed by atoms with Crippen LogP contribution in [-0.2, 0) is 0 Å². The lowest BCUT2D eigenvalue weighted by Gasteiger charge is -2.00.